The number of aromatic nitrogens is 2. The second-order valence-electron chi connectivity index (χ2n) is 3.39. The molecule has 15 heavy (non-hydrogen) atoms. The van der Waals surface area contributed by atoms with Crippen LogP contribution in [-0.4, -0.2) is 10.2 Å². The molecular weight excluding hydrogens is 228 g/mol. The third-order valence-electron chi connectivity index (χ3n) is 2.19. The van der Waals surface area contributed by atoms with Crippen molar-refractivity contribution in [3.8, 4) is 10.6 Å². The predicted octanol–water partition coefficient (Wildman–Crippen LogP) is 3.73. The molecule has 2 aromatic rings. The van der Waals surface area contributed by atoms with Crippen molar-refractivity contribution < 1.29 is 0 Å². The highest BCUT2D eigenvalue weighted by Gasteiger charge is 2.06. The Kier molecular flexibility index (Phi) is 3.03. The van der Waals surface area contributed by atoms with Gasteiger partial charge in [-0.05, 0) is 42.0 Å². The second-order valence-corrected chi connectivity index (χ2v) is 4.66. The fourth-order valence-electron chi connectivity index (χ4n) is 1.35. The van der Waals surface area contributed by atoms with Gasteiger partial charge < -0.3 is 0 Å². The van der Waals surface area contributed by atoms with Crippen LogP contribution in [0.1, 0.15) is 18.1 Å². The summed E-state index contributed by atoms with van der Waals surface area (Å²) in [6, 6.07) is 4.13. The molecule has 2 heterocycles. The number of hydrogen-bond acceptors (Lipinski definition) is 3. The minimum absolute atomic E-state index is 0.509. The van der Waals surface area contributed by atoms with E-state index in [1.165, 1.54) is 5.56 Å². The minimum Gasteiger partial charge on any atom is -0.148 e. The van der Waals surface area contributed by atoms with Crippen molar-refractivity contribution in [2.45, 2.75) is 20.3 Å². The fraction of sp³-hybridized carbons (Fsp3) is 0.273. The summed E-state index contributed by atoms with van der Waals surface area (Å²) in [6.07, 6.45) is 0.881. The number of nitrogens with zero attached hydrogens (tertiary/aromatic N) is 2. The first-order chi connectivity index (χ1) is 7.20. The summed E-state index contributed by atoms with van der Waals surface area (Å²) in [4.78, 5) is 1.14. The summed E-state index contributed by atoms with van der Waals surface area (Å²) in [5.41, 5.74) is 3.21. The Morgan fingerprint density at radius 2 is 2.13 bits per heavy atom. The van der Waals surface area contributed by atoms with E-state index in [0.29, 0.717) is 5.15 Å². The molecule has 0 unspecified atom stereocenters. The maximum atomic E-state index is 5.92. The van der Waals surface area contributed by atoms with Crippen molar-refractivity contribution in [3.63, 3.8) is 0 Å². The zero-order valence-corrected chi connectivity index (χ0v) is 10.2. The SMILES string of the molecule is CCc1cc(-c2cc(C)cs2)nnc1Cl. The Balaban J connectivity index is 2.45. The molecule has 0 aliphatic carbocycles. The minimum atomic E-state index is 0.509. The molecule has 0 bridgehead atoms. The molecule has 0 spiro atoms. The van der Waals surface area contributed by atoms with Gasteiger partial charge in [0.25, 0.3) is 0 Å². The molecule has 0 fully saturated rings. The van der Waals surface area contributed by atoms with Crippen LogP contribution in [0, 0.1) is 6.92 Å². The topological polar surface area (TPSA) is 25.8 Å². The van der Waals surface area contributed by atoms with Crippen LogP contribution in [0.15, 0.2) is 17.5 Å². The van der Waals surface area contributed by atoms with Crippen LogP contribution in [0.4, 0.5) is 0 Å². The molecular formula is C11H11ClN2S. The van der Waals surface area contributed by atoms with E-state index in [2.05, 4.69) is 35.5 Å². The van der Waals surface area contributed by atoms with Crippen LogP contribution in [0.2, 0.25) is 5.15 Å². The van der Waals surface area contributed by atoms with Crippen molar-refractivity contribution in [1.29, 1.82) is 0 Å². The van der Waals surface area contributed by atoms with Gasteiger partial charge in [-0.3, -0.25) is 0 Å². The third kappa shape index (κ3) is 2.19. The average Bonchev–Trinajstić information content (AvgIpc) is 2.66. The van der Waals surface area contributed by atoms with Crippen LogP contribution in [0.25, 0.3) is 10.6 Å². The molecule has 0 aromatic carbocycles. The van der Waals surface area contributed by atoms with Gasteiger partial charge in [0.05, 0.1) is 4.88 Å². The Morgan fingerprint density at radius 3 is 2.73 bits per heavy atom. The molecule has 0 saturated heterocycles. The van der Waals surface area contributed by atoms with Gasteiger partial charge in [-0.2, -0.15) is 0 Å². The summed E-state index contributed by atoms with van der Waals surface area (Å²) >= 11 is 7.60. The molecule has 2 nitrogen and oxygen atoms in total. The molecule has 0 atom stereocenters. The Morgan fingerprint density at radius 1 is 1.33 bits per heavy atom. The normalized spacial score (nSPS) is 10.6. The van der Waals surface area contributed by atoms with Gasteiger partial charge in [0.2, 0.25) is 0 Å². The lowest BCUT2D eigenvalue weighted by atomic mass is 10.2. The van der Waals surface area contributed by atoms with E-state index in [-0.39, 0.29) is 0 Å². The monoisotopic (exact) mass is 238 g/mol. The fourth-order valence-corrected chi connectivity index (χ4v) is 2.43. The van der Waals surface area contributed by atoms with Crippen molar-refractivity contribution >= 4 is 22.9 Å². The first-order valence-electron chi connectivity index (χ1n) is 4.78. The molecule has 0 saturated carbocycles. The van der Waals surface area contributed by atoms with Crippen LogP contribution in [0.3, 0.4) is 0 Å². The van der Waals surface area contributed by atoms with Crippen LogP contribution < -0.4 is 0 Å². The summed E-state index contributed by atoms with van der Waals surface area (Å²) < 4.78 is 0. The number of thiophene rings is 1. The molecule has 78 valence electrons. The van der Waals surface area contributed by atoms with E-state index >= 15 is 0 Å². The van der Waals surface area contributed by atoms with Gasteiger partial charge in [-0.1, -0.05) is 18.5 Å². The lowest BCUT2D eigenvalue weighted by molar-refractivity contribution is 0.992. The number of rotatable bonds is 2. The molecule has 4 heteroatoms. The molecule has 0 amide bonds. The van der Waals surface area contributed by atoms with Gasteiger partial charge in [-0.25, -0.2) is 0 Å². The van der Waals surface area contributed by atoms with Gasteiger partial charge in [0, 0.05) is 0 Å². The first kappa shape index (κ1) is 10.6. The Hall–Kier alpha value is -0.930. The third-order valence-corrected chi connectivity index (χ3v) is 3.57. The van der Waals surface area contributed by atoms with E-state index in [0.717, 1.165) is 22.6 Å². The van der Waals surface area contributed by atoms with Crippen molar-refractivity contribution in [1.82, 2.24) is 10.2 Å². The van der Waals surface area contributed by atoms with Gasteiger partial charge in [0.15, 0.2) is 5.15 Å². The Bertz CT molecular complexity index is 479. The van der Waals surface area contributed by atoms with E-state index in [1.807, 2.05) is 6.07 Å². The maximum Gasteiger partial charge on any atom is 0.154 e. The second kappa shape index (κ2) is 4.29. The van der Waals surface area contributed by atoms with Gasteiger partial charge >= 0.3 is 0 Å². The zero-order valence-electron chi connectivity index (χ0n) is 8.62. The lowest BCUT2D eigenvalue weighted by Gasteiger charge is -2.01. The highest BCUT2D eigenvalue weighted by Crippen LogP contribution is 2.26. The van der Waals surface area contributed by atoms with Crippen molar-refractivity contribution in [2.24, 2.45) is 0 Å². The predicted molar refractivity (Wildman–Crippen MR) is 64.5 cm³/mol. The van der Waals surface area contributed by atoms with Crippen LogP contribution in [-0.2, 0) is 6.42 Å². The van der Waals surface area contributed by atoms with Crippen LogP contribution >= 0.6 is 22.9 Å². The summed E-state index contributed by atoms with van der Waals surface area (Å²) in [5.74, 6) is 0. The highest BCUT2D eigenvalue weighted by atomic mass is 35.5. The maximum absolute atomic E-state index is 5.92. The molecule has 2 aromatic heterocycles. The Labute approximate surface area is 97.9 Å². The van der Waals surface area contributed by atoms with Gasteiger partial charge in [-0.15, -0.1) is 21.5 Å². The average molecular weight is 239 g/mol. The summed E-state index contributed by atoms with van der Waals surface area (Å²) in [6.45, 7) is 4.14. The van der Waals surface area contributed by atoms with E-state index < -0.39 is 0 Å². The van der Waals surface area contributed by atoms with E-state index in [9.17, 15) is 0 Å². The molecule has 0 radical (unpaired) electrons. The van der Waals surface area contributed by atoms with E-state index in [4.69, 9.17) is 11.6 Å². The standard InChI is InChI=1S/C11H11ClN2S/c1-3-8-5-9(13-14-11(8)12)10-4-7(2)6-15-10/h4-6H,3H2,1-2H3. The highest BCUT2D eigenvalue weighted by molar-refractivity contribution is 7.13. The summed E-state index contributed by atoms with van der Waals surface area (Å²) in [5, 5.41) is 10.7. The zero-order chi connectivity index (χ0) is 10.8. The van der Waals surface area contributed by atoms with Gasteiger partial charge in [0.1, 0.15) is 5.69 Å². The molecule has 0 N–H and O–H groups in total. The molecule has 0 aliphatic heterocycles. The van der Waals surface area contributed by atoms with E-state index in [1.54, 1.807) is 11.3 Å². The molecule has 0 aliphatic rings. The quantitative estimate of drug-likeness (QED) is 0.797. The van der Waals surface area contributed by atoms with Crippen LogP contribution in [0.5, 0.6) is 0 Å². The van der Waals surface area contributed by atoms with Crippen molar-refractivity contribution in [3.05, 3.63) is 33.8 Å². The number of hydrogen-bond donors (Lipinski definition) is 0. The number of aryl methyl sites for hydroxylation is 2. The lowest BCUT2D eigenvalue weighted by Crippen LogP contribution is -1.92. The first-order valence-corrected chi connectivity index (χ1v) is 6.04. The summed E-state index contributed by atoms with van der Waals surface area (Å²) in [7, 11) is 0. The largest absolute Gasteiger partial charge is 0.154 e. The number of halogens is 1. The smallest absolute Gasteiger partial charge is 0.148 e. The molecule has 2 rings (SSSR count). The van der Waals surface area contributed by atoms with Crippen molar-refractivity contribution in [2.75, 3.05) is 0 Å².